The van der Waals surface area contributed by atoms with E-state index in [0.717, 1.165) is 13.0 Å². The average Bonchev–Trinajstić information content (AvgIpc) is 2.09. The lowest BCUT2D eigenvalue weighted by atomic mass is 10.2. The summed E-state index contributed by atoms with van der Waals surface area (Å²) in [5, 5.41) is 0. The molecule has 1 aliphatic heterocycles. The number of nitrogens with zero attached hydrogens (tertiary/aromatic N) is 2. The molecule has 13 heavy (non-hydrogen) atoms. The molecule has 2 nitrogen and oxygen atoms in total. The third-order valence-corrected chi connectivity index (χ3v) is 2.48. The number of allylic oxidation sites excluding steroid dienone is 1. The summed E-state index contributed by atoms with van der Waals surface area (Å²) in [6.07, 6.45) is 2.88. The summed E-state index contributed by atoms with van der Waals surface area (Å²) < 4.78 is 0. The molecule has 0 aromatic rings. The molecule has 0 spiro atoms. The molecule has 0 radical (unpaired) electrons. The SMILES string of the molecule is C=CCC(=C)CN1CCN(C)CC1. The third kappa shape index (κ3) is 3.75. The fraction of sp³-hybridized carbons (Fsp3) is 0.636. The summed E-state index contributed by atoms with van der Waals surface area (Å²) in [4.78, 5) is 4.83. The second kappa shape index (κ2) is 5.20. The maximum absolute atomic E-state index is 4.03. The van der Waals surface area contributed by atoms with Crippen molar-refractivity contribution in [1.82, 2.24) is 9.80 Å². The van der Waals surface area contributed by atoms with Gasteiger partial charge >= 0.3 is 0 Å². The van der Waals surface area contributed by atoms with Crippen LogP contribution in [0, 0.1) is 0 Å². The second-order valence-corrected chi connectivity index (χ2v) is 3.82. The van der Waals surface area contributed by atoms with Gasteiger partial charge < -0.3 is 4.90 Å². The first-order valence-corrected chi connectivity index (χ1v) is 4.91. The van der Waals surface area contributed by atoms with Crippen molar-refractivity contribution in [3.63, 3.8) is 0 Å². The molecule has 0 aliphatic carbocycles. The van der Waals surface area contributed by atoms with E-state index in [2.05, 4.69) is 30.0 Å². The van der Waals surface area contributed by atoms with Gasteiger partial charge in [-0.1, -0.05) is 18.2 Å². The highest BCUT2D eigenvalue weighted by atomic mass is 15.2. The van der Waals surface area contributed by atoms with Crippen LogP contribution in [0.4, 0.5) is 0 Å². The Hall–Kier alpha value is -0.600. The molecule has 1 heterocycles. The normalized spacial score (nSPS) is 20.1. The minimum absolute atomic E-state index is 0.951. The van der Waals surface area contributed by atoms with Gasteiger partial charge in [-0.25, -0.2) is 0 Å². The van der Waals surface area contributed by atoms with Crippen LogP contribution in [0.25, 0.3) is 0 Å². The van der Waals surface area contributed by atoms with Gasteiger partial charge in [-0.15, -0.1) is 6.58 Å². The van der Waals surface area contributed by atoms with E-state index in [4.69, 9.17) is 0 Å². The zero-order chi connectivity index (χ0) is 9.68. The first-order chi connectivity index (χ1) is 6.22. The fourth-order valence-corrected chi connectivity index (χ4v) is 1.59. The average molecular weight is 180 g/mol. The minimum atomic E-state index is 0.951. The Morgan fingerprint density at radius 2 is 1.92 bits per heavy atom. The summed E-state index contributed by atoms with van der Waals surface area (Å²) in [6.45, 7) is 13.5. The molecule has 0 bridgehead atoms. The van der Waals surface area contributed by atoms with E-state index in [1.54, 1.807) is 0 Å². The monoisotopic (exact) mass is 180 g/mol. The largest absolute Gasteiger partial charge is 0.304 e. The van der Waals surface area contributed by atoms with Crippen LogP contribution in [0.15, 0.2) is 24.8 Å². The maximum Gasteiger partial charge on any atom is 0.0194 e. The van der Waals surface area contributed by atoms with Crippen LogP contribution in [-0.2, 0) is 0 Å². The summed E-state index contributed by atoms with van der Waals surface area (Å²) >= 11 is 0. The summed E-state index contributed by atoms with van der Waals surface area (Å²) in [6, 6.07) is 0. The Balaban J connectivity index is 2.22. The van der Waals surface area contributed by atoms with E-state index in [9.17, 15) is 0 Å². The zero-order valence-electron chi connectivity index (χ0n) is 8.63. The molecular weight excluding hydrogens is 160 g/mol. The Bertz CT molecular complexity index is 179. The van der Waals surface area contributed by atoms with Crippen molar-refractivity contribution >= 4 is 0 Å². The van der Waals surface area contributed by atoms with Crippen molar-refractivity contribution in [3.05, 3.63) is 24.8 Å². The van der Waals surface area contributed by atoms with E-state index in [1.807, 2.05) is 6.08 Å². The van der Waals surface area contributed by atoms with Crippen molar-refractivity contribution in [1.29, 1.82) is 0 Å². The Morgan fingerprint density at radius 3 is 2.46 bits per heavy atom. The second-order valence-electron chi connectivity index (χ2n) is 3.82. The molecule has 1 rings (SSSR count). The highest BCUT2D eigenvalue weighted by Gasteiger charge is 2.13. The van der Waals surface area contributed by atoms with Gasteiger partial charge in [-0.05, 0) is 13.5 Å². The number of likely N-dealkylation sites (N-methyl/N-ethyl adjacent to an activating group) is 1. The predicted octanol–water partition coefficient (Wildman–Crippen LogP) is 1.37. The van der Waals surface area contributed by atoms with Gasteiger partial charge in [-0.3, -0.25) is 4.90 Å². The van der Waals surface area contributed by atoms with Gasteiger partial charge in [-0.2, -0.15) is 0 Å². The molecule has 1 aliphatic rings. The van der Waals surface area contributed by atoms with Gasteiger partial charge in [0, 0.05) is 32.7 Å². The molecule has 0 saturated carbocycles. The minimum Gasteiger partial charge on any atom is -0.304 e. The number of piperazine rings is 1. The molecule has 2 heteroatoms. The van der Waals surface area contributed by atoms with Crippen LogP contribution in [0.2, 0.25) is 0 Å². The molecule has 1 fully saturated rings. The maximum atomic E-state index is 4.03. The summed E-state index contributed by atoms with van der Waals surface area (Å²) in [5.41, 5.74) is 1.28. The summed E-state index contributed by atoms with van der Waals surface area (Å²) in [7, 11) is 2.18. The van der Waals surface area contributed by atoms with Gasteiger partial charge in [0.2, 0.25) is 0 Å². The number of rotatable bonds is 4. The van der Waals surface area contributed by atoms with E-state index >= 15 is 0 Å². The van der Waals surface area contributed by atoms with Crippen molar-refractivity contribution < 1.29 is 0 Å². The van der Waals surface area contributed by atoms with Crippen molar-refractivity contribution in [2.45, 2.75) is 6.42 Å². The molecule has 0 atom stereocenters. The number of hydrogen-bond donors (Lipinski definition) is 0. The quantitative estimate of drug-likeness (QED) is 0.603. The van der Waals surface area contributed by atoms with Crippen molar-refractivity contribution in [2.75, 3.05) is 39.8 Å². The molecule has 0 aromatic heterocycles. The Kier molecular flexibility index (Phi) is 4.19. The van der Waals surface area contributed by atoms with E-state index in [-0.39, 0.29) is 0 Å². The predicted molar refractivity (Wildman–Crippen MR) is 57.9 cm³/mol. The van der Waals surface area contributed by atoms with Crippen LogP contribution in [0.3, 0.4) is 0 Å². The molecule has 0 aromatic carbocycles. The molecule has 0 N–H and O–H groups in total. The Labute approximate surface area is 81.5 Å². The van der Waals surface area contributed by atoms with Crippen LogP contribution in [-0.4, -0.2) is 49.6 Å². The standard InChI is InChI=1S/C11H20N2/c1-4-5-11(2)10-13-8-6-12(3)7-9-13/h4H,1-2,5-10H2,3H3. The smallest absolute Gasteiger partial charge is 0.0194 e. The highest BCUT2D eigenvalue weighted by Crippen LogP contribution is 2.05. The third-order valence-electron chi connectivity index (χ3n) is 2.48. The molecular formula is C11H20N2. The lowest BCUT2D eigenvalue weighted by Gasteiger charge is -2.32. The zero-order valence-corrected chi connectivity index (χ0v) is 8.63. The lowest BCUT2D eigenvalue weighted by Crippen LogP contribution is -2.44. The molecule has 0 amide bonds. The lowest BCUT2D eigenvalue weighted by molar-refractivity contribution is 0.163. The van der Waals surface area contributed by atoms with Crippen molar-refractivity contribution in [3.8, 4) is 0 Å². The van der Waals surface area contributed by atoms with E-state index in [1.165, 1.54) is 31.8 Å². The van der Waals surface area contributed by atoms with Crippen LogP contribution in [0.1, 0.15) is 6.42 Å². The van der Waals surface area contributed by atoms with E-state index < -0.39 is 0 Å². The molecule has 1 saturated heterocycles. The molecule has 74 valence electrons. The van der Waals surface area contributed by atoms with Crippen LogP contribution in [0.5, 0.6) is 0 Å². The highest BCUT2D eigenvalue weighted by molar-refractivity contribution is 5.02. The fourth-order valence-electron chi connectivity index (χ4n) is 1.59. The van der Waals surface area contributed by atoms with Gasteiger partial charge in [0.25, 0.3) is 0 Å². The van der Waals surface area contributed by atoms with Gasteiger partial charge in [0.15, 0.2) is 0 Å². The summed E-state index contributed by atoms with van der Waals surface area (Å²) in [5.74, 6) is 0. The first kappa shape index (κ1) is 10.5. The van der Waals surface area contributed by atoms with Crippen molar-refractivity contribution in [2.24, 2.45) is 0 Å². The molecule has 0 unspecified atom stereocenters. The topological polar surface area (TPSA) is 6.48 Å². The van der Waals surface area contributed by atoms with Crippen LogP contribution < -0.4 is 0 Å². The van der Waals surface area contributed by atoms with Gasteiger partial charge in [0.05, 0.1) is 0 Å². The van der Waals surface area contributed by atoms with Gasteiger partial charge in [0.1, 0.15) is 0 Å². The van der Waals surface area contributed by atoms with E-state index in [0.29, 0.717) is 0 Å². The Morgan fingerprint density at radius 1 is 1.31 bits per heavy atom. The number of hydrogen-bond acceptors (Lipinski definition) is 2. The van der Waals surface area contributed by atoms with Crippen LogP contribution >= 0.6 is 0 Å². The first-order valence-electron chi connectivity index (χ1n) is 4.91.